The van der Waals surface area contributed by atoms with Gasteiger partial charge in [-0.15, -0.1) is 0 Å². The molecule has 0 amide bonds. The molecular weight excluding hydrogens is 284 g/mol. The first-order valence-electron chi connectivity index (χ1n) is 7.60. The fourth-order valence-electron chi connectivity index (χ4n) is 3.74. The summed E-state index contributed by atoms with van der Waals surface area (Å²) in [6.45, 7) is 2.47. The van der Waals surface area contributed by atoms with Crippen LogP contribution in [0.1, 0.15) is 19.3 Å². The molecule has 0 aliphatic carbocycles. The van der Waals surface area contributed by atoms with Crippen molar-refractivity contribution < 1.29 is 0 Å². The van der Waals surface area contributed by atoms with Gasteiger partial charge in [0.15, 0.2) is 0 Å². The van der Waals surface area contributed by atoms with E-state index in [0.717, 1.165) is 16.4 Å². The summed E-state index contributed by atoms with van der Waals surface area (Å²) in [6.07, 6.45) is 9.35. The standard InChI is InChI=1S/C16H19ClN4/c17-12-3-1-4-14(16(12)21-10-7-18-11-21)19-13-6-9-20-8-2-5-15(13)20/h1,3-4,7,10-11,13,15,19H,2,5-6,8-9H2. The minimum Gasteiger partial charge on any atom is -0.379 e. The van der Waals surface area contributed by atoms with E-state index in [0.29, 0.717) is 12.1 Å². The number of aromatic nitrogens is 2. The van der Waals surface area contributed by atoms with Gasteiger partial charge >= 0.3 is 0 Å². The van der Waals surface area contributed by atoms with Crippen molar-refractivity contribution in [1.29, 1.82) is 0 Å². The van der Waals surface area contributed by atoms with Crippen molar-refractivity contribution in [1.82, 2.24) is 14.5 Å². The van der Waals surface area contributed by atoms with Gasteiger partial charge in [-0.25, -0.2) is 4.98 Å². The zero-order chi connectivity index (χ0) is 14.2. The number of halogens is 1. The Labute approximate surface area is 129 Å². The molecule has 5 heteroatoms. The summed E-state index contributed by atoms with van der Waals surface area (Å²) < 4.78 is 1.98. The minimum absolute atomic E-state index is 0.522. The molecule has 3 heterocycles. The van der Waals surface area contributed by atoms with Crippen LogP contribution in [0.15, 0.2) is 36.9 Å². The van der Waals surface area contributed by atoms with E-state index in [9.17, 15) is 0 Å². The molecule has 21 heavy (non-hydrogen) atoms. The SMILES string of the molecule is Clc1cccc(NC2CCN3CCCC23)c1-n1ccnc1. The molecule has 2 aliphatic heterocycles. The molecule has 1 N–H and O–H groups in total. The summed E-state index contributed by atoms with van der Waals surface area (Å²) >= 11 is 6.42. The van der Waals surface area contributed by atoms with Crippen LogP contribution in [0.25, 0.3) is 5.69 Å². The van der Waals surface area contributed by atoms with E-state index in [1.807, 2.05) is 22.9 Å². The van der Waals surface area contributed by atoms with Gasteiger partial charge < -0.3 is 9.88 Å². The summed E-state index contributed by atoms with van der Waals surface area (Å²) in [7, 11) is 0. The molecule has 2 fully saturated rings. The summed E-state index contributed by atoms with van der Waals surface area (Å²) in [6, 6.07) is 7.25. The summed E-state index contributed by atoms with van der Waals surface area (Å²) in [5, 5.41) is 4.48. The number of nitrogens with one attached hydrogen (secondary N) is 1. The third-order valence-corrected chi connectivity index (χ3v) is 5.00. The van der Waals surface area contributed by atoms with Gasteiger partial charge in [-0.3, -0.25) is 4.90 Å². The molecule has 0 spiro atoms. The minimum atomic E-state index is 0.522. The molecule has 2 atom stereocenters. The Morgan fingerprint density at radius 1 is 1.24 bits per heavy atom. The van der Waals surface area contributed by atoms with Gasteiger partial charge in [0.1, 0.15) is 0 Å². The number of nitrogens with zero attached hydrogens (tertiary/aromatic N) is 3. The van der Waals surface area contributed by atoms with Crippen LogP contribution in [0.3, 0.4) is 0 Å². The number of benzene rings is 1. The molecule has 1 aromatic heterocycles. The average Bonchev–Trinajstić information content (AvgIpc) is 3.18. The molecule has 2 aliphatic rings. The van der Waals surface area contributed by atoms with Crippen LogP contribution in [-0.2, 0) is 0 Å². The lowest BCUT2D eigenvalue weighted by atomic mass is 10.1. The van der Waals surface area contributed by atoms with Gasteiger partial charge in [-0.1, -0.05) is 17.7 Å². The van der Waals surface area contributed by atoms with Gasteiger partial charge in [-0.2, -0.15) is 0 Å². The quantitative estimate of drug-likeness (QED) is 0.945. The van der Waals surface area contributed by atoms with Crippen LogP contribution in [0, 0.1) is 0 Å². The Hall–Kier alpha value is -1.52. The Kier molecular flexibility index (Phi) is 3.36. The first-order valence-corrected chi connectivity index (χ1v) is 7.98. The monoisotopic (exact) mass is 302 g/mol. The van der Waals surface area contributed by atoms with Gasteiger partial charge in [0.05, 0.1) is 22.7 Å². The lowest BCUT2D eigenvalue weighted by Crippen LogP contribution is -2.34. The van der Waals surface area contributed by atoms with Gasteiger partial charge in [-0.05, 0) is 37.9 Å². The summed E-state index contributed by atoms with van der Waals surface area (Å²) in [5.41, 5.74) is 2.09. The fraction of sp³-hybridized carbons (Fsp3) is 0.438. The highest BCUT2D eigenvalue weighted by Gasteiger charge is 2.37. The van der Waals surface area contributed by atoms with Crippen molar-refractivity contribution >= 4 is 17.3 Å². The number of anilines is 1. The molecule has 1 aromatic carbocycles. The highest BCUT2D eigenvalue weighted by Crippen LogP contribution is 2.34. The molecular formula is C16H19ClN4. The van der Waals surface area contributed by atoms with Crippen LogP contribution in [0.2, 0.25) is 5.02 Å². The first kappa shape index (κ1) is 13.2. The zero-order valence-corrected chi connectivity index (χ0v) is 12.6. The van der Waals surface area contributed by atoms with E-state index in [2.05, 4.69) is 21.3 Å². The Morgan fingerprint density at radius 2 is 2.19 bits per heavy atom. The highest BCUT2D eigenvalue weighted by atomic mass is 35.5. The molecule has 2 unspecified atom stereocenters. The third kappa shape index (κ3) is 2.32. The zero-order valence-electron chi connectivity index (χ0n) is 11.9. The van der Waals surface area contributed by atoms with Crippen LogP contribution < -0.4 is 5.32 Å². The lowest BCUT2D eigenvalue weighted by molar-refractivity contribution is 0.318. The van der Waals surface area contributed by atoms with Crippen LogP contribution in [0.5, 0.6) is 0 Å². The number of imidazole rings is 1. The molecule has 4 rings (SSSR count). The van der Waals surface area contributed by atoms with E-state index in [1.165, 1.54) is 32.4 Å². The Balaban J connectivity index is 1.65. The van der Waals surface area contributed by atoms with Crippen LogP contribution >= 0.6 is 11.6 Å². The van der Waals surface area contributed by atoms with Gasteiger partial charge in [0.25, 0.3) is 0 Å². The normalized spacial score (nSPS) is 25.2. The molecule has 4 nitrogen and oxygen atoms in total. The molecule has 0 saturated carbocycles. The van der Waals surface area contributed by atoms with Crippen molar-refractivity contribution in [2.24, 2.45) is 0 Å². The van der Waals surface area contributed by atoms with Gasteiger partial charge in [0, 0.05) is 31.0 Å². The molecule has 2 aromatic rings. The van der Waals surface area contributed by atoms with Crippen molar-refractivity contribution in [3.05, 3.63) is 41.9 Å². The molecule has 0 radical (unpaired) electrons. The number of rotatable bonds is 3. The van der Waals surface area contributed by atoms with E-state index in [-0.39, 0.29) is 0 Å². The largest absolute Gasteiger partial charge is 0.379 e. The maximum absolute atomic E-state index is 6.42. The highest BCUT2D eigenvalue weighted by molar-refractivity contribution is 6.33. The van der Waals surface area contributed by atoms with E-state index in [4.69, 9.17) is 11.6 Å². The summed E-state index contributed by atoms with van der Waals surface area (Å²) in [5.74, 6) is 0. The Bertz CT molecular complexity index is 625. The van der Waals surface area contributed by atoms with Crippen LogP contribution in [0.4, 0.5) is 5.69 Å². The first-order chi connectivity index (χ1) is 10.3. The molecule has 110 valence electrons. The van der Waals surface area contributed by atoms with E-state index < -0.39 is 0 Å². The molecule has 0 bridgehead atoms. The second-order valence-corrected chi connectivity index (χ2v) is 6.30. The third-order valence-electron chi connectivity index (χ3n) is 4.70. The maximum Gasteiger partial charge on any atom is 0.0992 e. The Morgan fingerprint density at radius 3 is 3.05 bits per heavy atom. The van der Waals surface area contributed by atoms with E-state index >= 15 is 0 Å². The number of hydrogen-bond acceptors (Lipinski definition) is 3. The summed E-state index contributed by atoms with van der Waals surface area (Å²) in [4.78, 5) is 6.74. The van der Waals surface area contributed by atoms with Crippen molar-refractivity contribution in [3.63, 3.8) is 0 Å². The predicted octanol–water partition coefficient (Wildman–Crippen LogP) is 3.17. The lowest BCUT2D eigenvalue weighted by Gasteiger charge is -2.24. The number of hydrogen-bond donors (Lipinski definition) is 1. The van der Waals surface area contributed by atoms with Crippen LogP contribution in [-0.4, -0.2) is 39.6 Å². The van der Waals surface area contributed by atoms with Crippen molar-refractivity contribution in [3.8, 4) is 5.69 Å². The number of fused-ring (bicyclic) bond motifs is 1. The topological polar surface area (TPSA) is 33.1 Å². The van der Waals surface area contributed by atoms with Gasteiger partial charge in [0.2, 0.25) is 0 Å². The second-order valence-electron chi connectivity index (χ2n) is 5.89. The van der Waals surface area contributed by atoms with Crippen molar-refractivity contribution in [2.75, 3.05) is 18.4 Å². The predicted molar refractivity (Wildman–Crippen MR) is 85.2 cm³/mol. The fourth-order valence-corrected chi connectivity index (χ4v) is 4.01. The maximum atomic E-state index is 6.42. The molecule has 2 saturated heterocycles. The average molecular weight is 303 g/mol. The smallest absolute Gasteiger partial charge is 0.0992 e. The second kappa shape index (κ2) is 5.35. The number of para-hydroxylation sites is 1. The van der Waals surface area contributed by atoms with Crippen molar-refractivity contribution in [2.45, 2.75) is 31.3 Å². The van der Waals surface area contributed by atoms with E-state index in [1.54, 1.807) is 12.5 Å².